The summed E-state index contributed by atoms with van der Waals surface area (Å²) in [6.07, 6.45) is 4.47. The summed E-state index contributed by atoms with van der Waals surface area (Å²) in [5.74, 6) is 0.225. The molecule has 2 aliphatic rings. The Morgan fingerprint density at radius 1 is 1.43 bits per heavy atom. The van der Waals surface area contributed by atoms with Crippen LogP contribution in [0.15, 0.2) is 12.1 Å². The first-order chi connectivity index (χ1) is 10.2. The Kier molecular flexibility index (Phi) is 4.62. The molecule has 1 N–H and O–H groups in total. The number of amides is 1. The van der Waals surface area contributed by atoms with Gasteiger partial charge in [-0.05, 0) is 44.7 Å². The third-order valence-electron chi connectivity index (χ3n) is 4.37. The van der Waals surface area contributed by atoms with Crippen molar-refractivity contribution in [3.05, 3.63) is 21.9 Å². The number of rotatable bonds is 4. The average molecular weight is 308 g/mol. The fourth-order valence-corrected chi connectivity index (χ4v) is 4.12. The lowest BCUT2D eigenvalue weighted by atomic mass is 10.1. The fourth-order valence-electron chi connectivity index (χ4n) is 3.17. The maximum Gasteiger partial charge on any atom is 0.241 e. The van der Waals surface area contributed by atoms with Crippen LogP contribution in [0.1, 0.15) is 48.5 Å². The van der Waals surface area contributed by atoms with Crippen LogP contribution in [0.25, 0.3) is 0 Å². The molecule has 2 saturated heterocycles. The minimum absolute atomic E-state index is 0.0201. The smallest absolute Gasteiger partial charge is 0.241 e. The number of ether oxygens (including phenoxy) is 1. The number of nitrogens with zero attached hydrogens (tertiary/aromatic N) is 1. The van der Waals surface area contributed by atoms with E-state index in [0.717, 1.165) is 25.9 Å². The highest BCUT2D eigenvalue weighted by Gasteiger charge is 2.40. The third kappa shape index (κ3) is 3.15. The van der Waals surface area contributed by atoms with Crippen molar-refractivity contribution in [1.29, 1.82) is 0 Å². The molecule has 1 aromatic rings. The van der Waals surface area contributed by atoms with E-state index in [4.69, 9.17) is 4.74 Å². The van der Waals surface area contributed by atoms with Gasteiger partial charge in [0, 0.05) is 22.9 Å². The number of carbonyl (C=O) groups excluding carboxylic acids is 1. The van der Waals surface area contributed by atoms with Crippen LogP contribution in [0.2, 0.25) is 0 Å². The van der Waals surface area contributed by atoms with Crippen molar-refractivity contribution in [2.45, 2.75) is 57.8 Å². The molecular formula is C16H24N2O2S. The van der Waals surface area contributed by atoms with Crippen LogP contribution in [0, 0.1) is 6.92 Å². The molecule has 3 atom stereocenters. The van der Waals surface area contributed by atoms with Crippen LogP contribution >= 0.6 is 11.3 Å². The van der Waals surface area contributed by atoms with Gasteiger partial charge in [0.25, 0.3) is 0 Å². The molecule has 0 bridgehead atoms. The third-order valence-corrected chi connectivity index (χ3v) is 5.42. The van der Waals surface area contributed by atoms with Crippen LogP contribution < -0.4 is 5.32 Å². The monoisotopic (exact) mass is 308 g/mol. The van der Waals surface area contributed by atoms with Gasteiger partial charge in [0.15, 0.2) is 0 Å². The van der Waals surface area contributed by atoms with Gasteiger partial charge in [-0.3, -0.25) is 10.1 Å². The summed E-state index contributed by atoms with van der Waals surface area (Å²) >= 11 is 1.77. The molecule has 0 saturated carbocycles. The number of carbonyl (C=O) groups is 1. The molecule has 3 unspecified atom stereocenters. The van der Waals surface area contributed by atoms with Gasteiger partial charge in [-0.2, -0.15) is 0 Å². The summed E-state index contributed by atoms with van der Waals surface area (Å²) in [5.41, 5.74) is 0. The molecule has 0 aliphatic carbocycles. The maximum absolute atomic E-state index is 12.6. The van der Waals surface area contributed by atoms with Crippen LogP contribution in [0.5, 0.6) is 0 Å². The predicted octanol–water partition coefficient (Wildman–Crippen LogP) is 2.83. The van der Waals surface area contributed by atoms with Gasteiger partial charge in [-0.25, -0.2) is 0 Å². The van der Waals surface area contributed by atoms with Crippen LogP contribution in [0.4, 0.5) is 0 Å². The van der Waals surface area contributed by atoms with Crippen molar-refractivity contribution < 1.29 is 9.53 Å². The van der Waals surface area contributed by atoms with E-state index >= 15 is 0 Å². The van der Waals surface area contributed by atoms with E-state index in [1.165, 1.54) is 16.2 Å². The Labute approximate surface area is 130 Å². The Morgan fingerprint density at radius 3 is 2.90 bits per heavy atom. The first-order valence-corrected chi connectivity index (χ1v) is 8.75. The van der Waals surface area contributed by atoms with Crippen LogP contribution in [-0.4, -0.2) is 36.1 Å². The molecule has 0 radical (unpaired) electrons. The standard InChI is InChI=1S/C16H24N2O2S/c1-3-13-16(19)18(10-12-6-4-5-9-20-12)15(17-13)14-8-7-11(2)21-14/h7-8,12-13,15,17H,3-6,9-10H2,1-2H3. The first-order valence-electron chi connectivity index (χ1n) is 7.93. The SMILES string of the molecule is CCC1NC(c2ccc(C)s2)N(CC2CCCCO2)C1=O. The lowest BCUT2D eigenvalue weighted by Crippen LogP contribution is -2.39. The molecule has 21 heavy (non-hydrogen) atoms. The van der Waals surface area contributed by atoms with E-state index in [-0.39, 0.29) is 24.2 Å². The molecule has 1 amide bonds. The van der Waals surface area contributed by atoms with Gasteiger partial charge < -0.3 is 9.64 Å². The summed E-state index contributed by atoms with van der Waals surface area (Å²) in [6, 6.07) is 4.21. The summed E-state index contributed by atoms with van der Waals surface area (Å²) in [5, 5.41) is 3.49. The van der Waals surface area contributed by atoms with E-state index in [1.807, 2.05) is 4.90 Å². The number of hydrogen-bond donors (Lipinski definition) is 1. The highest BCUT2D eigenvalue weighted by atomic mass is 32.1. The molecule has 116 valence electrons. The first kappa shape index (κ1) is 15.0. The van der Waals surface area contributed by atoms with Gasteiger partial charge in [0.2, 0.25) is 5.91 Å². The number of nitrogens with one attached hydrogen (secondary N) is 1. The topological polar surface area (TPSA) is 41.6 Å². The quantitative estimate of drug-likeness (QED) is 0.930. The molecule has 3 rings (SSSR count). The van der Waals surface area contributed by atoms with E-state index < -0.39 is 0 Å². The molecule has 5 heteroatoms. The zero-order chi connectivity index (χ0) is 14.8. The van der Waals surface area contributed by atoms with Gasteiger partial charge in [0.05, 0.1) is 12.1 Å². The molecule has 1 aromatic heterocycles. The minimum atomic E-state index is -0.0546. The molecule has 0 aromatic carbocycles. The van der Waals surface area contributed by atoms with Crippen molar-refractivity contribution in [2.75, 3.05) is 13.2 Å². The molecule has 2 fully saturated rings. The van der Waals surface area contributed by atoms with E-state index in [1.54, 1.807) is 11.3 Å². The molecule has 2 aliphatic heterocycles. The summed E-state index contributed by atoms with van der Waals surface area (Å²) in [7, 11) is 0. The predicted molar refractivity (Wildman–Crippen MR) is 84.3 cm³/mol. The van der Waals surface area contributed by atoms with Crippen molar-refractivity contribution in [1.82, 2.24) is 10.2 Å². The summed E-state index contributed by atoms with van der Waals surface area (Å²) in [4.78, 5) is 17.1. The second-order valence-corrected chi connectivity index (χ2v) is 7.28. The van der Waals surface area contributed by atoms with E-state index in [0.29, 0.717) is 6.54 Å². The highest BCUT2D eigenvalue weighted by molar-refractivity contribution is 7.12. The van der Waals surface area contributed by atoms with E-state index in [9.17, 15) is 4.79 Å². The van der Waals surface area contributed by atoms with Gasteiger partial charge in [-0.15, -0.1) is 11.3 Å². The lowest BCUT2D eigenvalue weighted by Gasteiger charge is -2.30. The molecule has 3 heterocycles. The van der Waals surface area contributed by atoms with Gasteiger partial charge in [0.1, 0.15) is 6.17 Å². The molecule has 0 spiro atoms. The second-order valence-electron chi connectivity index (χ2n) is 5.96. The zero-order valence-corrected chi connectivity index (χ0v) is 13.6. The average Bonchev–Trinajstić information content (AvgIpc) is 3.05. The van der Waals surface area contributed by atoms with Crippen molar-refractivity contribution in [3.63, 3.8) is 0 Å². The Bertz CT molecular complexity index is 496. The Hall–Kier alpha value is -0.910. The Morgan fingerprint density at radius 2 is 2.29 bits per heavy atom. The summed E-state index contributed by atoms with van der Waals surface area (Å²) < 4.78 is 5.83. The number of thiophene rings is 1. The lowest BCUT2D eigenvalue weighted by molar-refractivity contribution is -0.132. The van der Waals surface area contributed by atoms with Crippen molar-refractivity contribution in [3.8, 4) is 0 Å². The fraction of sp³-hybridized carbons (Fsp3) is 0.688. The van der Waals surface area contributed by atoms with Gasteiger partial charge in [-0.1, -0.05) is 6.92 Å². The minimum Gasteiger partial charge on any atom is -0.376 e. The normalized spacial score (nSPS) is 30.1. The summed E-state index contributed by atoms with van der Waals surface area (Å²) in [6.45, 7) is 5.72. The molecular weight excluding hydrogens is 284 g/mol. The van der Waals surface area contributed by atoms with Crippen LogP contribution in [-0.2, 0) is 9.53 Å². The number of hydrogen-bond acceptors (Lipinski definition) is 4. The van der Waals surface area contributed by atoms with Crippen molar-refractivity contribution in [2.24, 2.45) is 0 Å². The maximum atomic E-state index is 12.6. The number of aryl methyl sites for hydroxylation is 1. The van der Waals surface area contributed by atoms with E-state index in [2.05, 4.69) is 31.3 Å². The molecule has 4 nitrogen and oxygen atoms in total. The van der Waals surface area contributed by atoms with Crippen LogP contribution in [0.3, 0.4) is 0 Å². The van der Waals surface area contributed by atoms with Crippen molar-refractivity contribution >= 4 is 17.2 Å². The second kappa shape index (κ2) is 6.46. The van der Waals surface area contributed by atoms with Gasteiger partial charge >= 0.3 is 0 Å². The largest absolute Gasteiger partial charge is 0.376 e. The highest BCUT2D eigenvalue weighted by Crippen LogP contribution is 2.32. The zero-order valence-electron chi connectivity index (χ0n) is 12.8. The Balaban J connectivity index is 1.77.